The molecule has 2 aromatic rings. The van der Waals surface area contributed by atoms with Gasteiger partial charge in [-0.05, 0) is 18.2 Å². The van der Waals surface area contributed by atoms with Crippen molar-refractivity contribution < 1.29 is 8.78 Å². The second-order valence-electron chi connectivity index (χ2n) is 4.05. The Hall–Kier alpha value is -1.75. The summed E-state index contributed by atoms with van der Waals surface area (Å²) in [6.45, 7) is 3.60. The van der Waals surface area contributed by atoms with Crippen molar-refractivity contribution in [1.29, 1.82) is 0 Å². The predicted molar refractivity (Wildman–Crippen MR) is 65.1 cm³/mol. The molecule has 0 amide bonds. The van der Waals surface area contributed by atoms with Crippen LogP contribution in [0.15, 0.2) is 24.4 Å². The molecular weight excluding hydrogens is 236 g/mol. The van der Waals surface area contributed by atoms with E-state index in [0.717, 1.165) is 18.3 Å². The lowest BCUT2D eigenvalue weighted by molar-refractivity contribution is 0.573. The Morgan fingerprint density at radius 2 is 2.17 bits per heavy atom. The minimum atomic E-state index is -0.566. The third-order valence-corrected chi connectivity index (χ3v) is 2.62. The Balaban J connectivity index is 2.06. The third-order valence-electron chi connectivity index (χ3n) is 2.62. The first-order chi connectivity index (χ1) is 8.69. The Kier molecular flexibility index (Phi) is 4.04. The summed E-state index contributed by atoms with van der Waals surface area (Å²) < 4.78 is 26.2. The van der Waals surface area contributed by atoms with Crippen LogP contribution in [0.5, 0.6) is 0 Å². The quantitative estimate of drug-likeness (QED) is 0.856. The highest BCUT2D eigenvalue weighted by Crippen LogP contribution is 2.13. The van der Waals surface area contributed by atoms with E-state index in [1.807, 2.05) is 6.92 Å². The van der Waals surface area contributed by atoms with Crippen molar-refractivity contribution in [3.05, 3.63) is 53.1 Å². The Morgan fingerprint density at radius 3 is 2.89 bits per heavy atom. The fourth-order valence-corrected chi connectivity index (χ4v) is 1.69. The van der Waals surface area contributed by atoms with Gasteiger partial charge >= 0.3 is 0 Å². The average molecular weight is 251 g/mol. The molecule has 0 spiro atoms. The van der Waals surface area contributed by atoms with Gasteiger partial charge in [0, 0.05) is 30.9 Å². The van der Waals surface area contributed by atoms with Crippen LogP contribution >= 0.6 is 0 Å². The molecule has 5 heteroatoms. The van der Waals surface area contributed by atoms with Crippen LogP contribution in [-0.4, -0.2) is 16.5 Å². The summed E-state index contributed by atoms with van der Waals surface area (Å²) in [5.74, 6) is -0.434. The van der Waals surface area contributed by atoms with E-state index in [9.17, 15) is 8.78 Å². The molecule has 2 rings (SSSR count). The van der Waals surface area contributed by atoms with Crippen LogP contribution in [0.4, 0.5) is 8.78 Å². The predicted octanol–water partition coefficient (Wildman–Crippen LogP) is 2.39. The summed E-state index contributed by atoms with van der Waals surface area (Å²) in [4.78, 5) is 7.28. The zero-order valence-electron chi connectivity index (χ0n) is 10.1. The number of H-pyrrole nitrogens is 1. The number of hydrogen-bond donors (Lipinski definition) is 2. The van der Waals surface area contributed by atoms with Crippen LogP contribution in [0.1, 0.15) is 24.0 Å². The summed E-state index contributed by atoms with van der Waals surface area (Å²) in [6.07, 6.45) is 2.05. The normalized spacial score (nSPS) is 10.8. The first kappa shape index (κ1) is 12.7. The van der Waals surface area contributed by atoms with E-state index < -0.39 is 11.6 Å². The minimum Gasteiger partial charge on any atom is -0.345 e. The Bertz CT molecular complexity index is 523. The molecule has 1 heterocycles. The summed E-state index contributed by atoms with van der Waals surface area (Å²) in [5.41, 5.74) is 1.38. The van der Waals surface area contributed by atoms with Crippen LogP contribution in [0, 0.1) is 11.6 Å². The molecule has 18 heavy (non-hydrogen) atoms. The summed E-state index contributed by atoms with van der Waals surface area (Å²) in [5, 5.41) is 3.17. The molecular formula is C13H15F2N3. The lowest BCUT2D eigenvalue weighted by Gasteiger charge is -2.01. The van der Waals surface area contributed by atoms with Crippen molar-refractivity contribution in [2.45, 2.75) is 19.9 Å². The number of imidazole rings is 1. The van der Waals surface area contributed by atoms with Gasteiger partial charge in [-0.25, -0.2) is 13.8 Å². The second-order valence-corrected chi connectivity index (χ2v) is 4.05. The molecule has 1 aromatic heterocycles. The smallest absolute Gasteiger partial charge is 0.129 e. The van der Waals surface area contributed by atoms with E-state index in [1.54, 1.807) is 6.20 Å². The van der Waals surface area contributed by atoms with Crippen molar-refractivity contribution in [1.82, 2.24) is 15.3 Å². The van der Waals surface area contributed by atoms with Gasteiger partial charge in [0.25, 0.3) is 0 Å². The molecule has 0 saturated heterocycles. The Morgan fingerprint density at radius 1 is 1.33 bits per heavy atom. The van der Waals surface area contributed by atoms with Gasteiger partial charge in [-0.2, -0.15) is 0 Å². The maximum Gasteiger partial charge on any atom is 0.129 e. The van der Waals surface area contributed by atoms with Crippen LogP contribution in [0.2, 0.25) is 0 Å². The SMILES string of the molecule is CCNCc1cnc(Cc2ccc(F)cc2F)[nH]1. The second kappa shape index (κ2) is 5.73. The van der Waals surface area contributed by atoms with Gasteiger partial charge in [-0.15, -0.1) is 0 Å². The molecule has 0 bridgehead atoms. The van der Waals surface area contributed by atoms with E-state index in [2.05, 4.69) is 15.3 Å². The van der Waals surface area contributed by atoms with Gasteiger partial charge in [0.1, 0.15) is 17.5 Å². The zero-order valence-corrected chi connectivity index (χ0v) is 10.1. The van der Waals surface area contributed by atoms with E-state index >= 15 is 0 Å². The van der Waals surface area contributed by atoms with Gasteiger partial charge < -0.3 is 10.3 Å². The molecule has 0 aliphatic heterocycles. The molecule has 0 fully saturated rings. The summed E-state index contributed by atoms with van der Waals surface area (Å²) in [7, 11) is 0. The van der Waals surface area contributed by atoms with E-state index in [-0.39, 0.29) is 0 Å². The van der Waals surface area contributed by atoms with Crippen LogP contribution < -0.4 is 5.32 Å². The van der Waals surface area contributed by atoms with Crippen molar-refractivity contribution in [2.24, 2.45) is 0 Å². The highest BCUT2D eigenvalue weighted by molar-refractivity contribution is 5.22. The molecule has 3 nitrogen and oxygen atoms in total. The molecule has 0 unspecified atom stereocenters. The largest absolute Gasteiger partial charge is 0.345 e. The first-order valence-electron chi connectivity index (χ1n) is 5.86. The van der Waals surface area contributed by atoms with E-state index in [1.165, 1.54) is 12.1 Å². The highest BCUT2D eigenvalue weighted by Gasteiger charge is 2.07. The number of rotatable bonds is 5. The lowest BCUT2D eigenvalue weighted by atomic mass is 10.1. The van der Waals surface area contributed by atoms with Crippen LogP contribution in [-0.2, 0) is 13.0 Å². The molecule has 0 saturated carbocycles. The zero-order chi connectivity index (χ0) is 13.0. The molecule has 0 atom stereocenters. The number of aromatic nitrogens is 2. The fraction of sp³-hybridized carbons (Fsp3) is 0.308. The van der Waals surface area contributed by atoms with Crippen molar-refractivity contribution in [2.75, 3.05) is 6.54 Å². The van der Waals surface area contributed by atoms with Crippen molar-refractivity contribution in [3.8, 4) is 0 Å². The van der Waals surface area contributed by atoms with Gasteiger partial charge in [0.15, 0.2) is 0 Å². The number of halogens is 2. The minimum absolute atomic E-state index is 0.332. The molecule has 0 aliphatic carbocycles. The van der Waals surface area contributed by atoms with Crippen LogP contribution in [0.3, 0.4) is 0 Å². The standard InChI is InChI=1S/C13H15F2N3/c1-2-16-7-11-8-17-13(18-11)5-9-3-4-10(14)6-12(9)15/h3-4,6,8,16H,2,5,7H2,1H3,(H,17,18). The van der Waals surface area contributed by atoms with Gasteiger partial charge in [-0.1, -0.05) is 13.0 Å². The maximum atomic E-state index is 13.5. The van der Waals surface area contributed by atoms with Crippen molar-refractivity contribution >= 4 is 0 Å². The molecule has 2 N–H and O–H groups in total. The van der Waals surface area contributed by atoms with Gasteiger partial charge in [0.05, 0.1) is 0 Å². The first-order valence-corrected chi connectivity index (χ1v) is 5.86. The van der Waals surface area contributed by atoms with Gasteiger partial charge in [-0.3, -0.25) is 0 Å². The highest BCUT2D eigenvalue weighted by atomic mass is 19.1. The number of hydrogen-bond acceptors (Lipinski definition) is 2. The van der Waals surface area contributed by atoms with E-state index in [4.69, 9.17) is 0 Å². The van der Waals surface area contributed by atoms with Gasteiger partial charge in [0.2, 0.25) is 0 Å². The number of nitrogens with zero attached hydrogens (tertiary/aromatic N) is 1. The number of nitrogens with one attached hydrogen (secondary N) is 2. The van der Waals surface area contributed by atoms with Crippen LogP contribution in [0.25, 0.3) is 0 Å². The fourth-order valence-electron chi connectivity index (χ4n) is 1.69. The monoisotopic (exact) mass is 251 g/mol. The molecule has 96 valence electrons. The van der Waals surface area contributed by atoms with Crippen molar-refractivity contribution in [3.63, 3.8) is 0 Å². The molecule has 1 aromatic carbocycles. The molecule has 0 radical (unpaired) electrons. The van der Waals surface area contributed by atoms with E-state index in [0.29, 0.717) is 24.4 Å². The maximum absolute atomic E-state index is 13.5. The number of aromatic amines is 1. The Labute approximate surface area is 104 Å². The lowest BCUT2D eigenvalue weighted by Crippen LogP contribution is -2.11. The summed E-state index contributed by atoms with van der Waals surface area (Å²) in [6, 6.07) is 3.58. The third kappa shape index (κ3) is 3.13. The average Bonchev–Trinajstić information content (AvgIpc) is 2.78. The topological polar surface area (TPSA) is 40.7 Å². The summed E-state index contributed by atoms with van der Waals surface area (Å²) >= 11 is 0. The molecule has 0 aliphatic rings. The number of benzene rings is 1.